The Morgan fingerprint density at radius 1 is 1.30 bits per heavy atom. The Kier molecular flexibility index (Phi) is 9.52. The van der Waals surface area contributed by atoms with Crippen molar-refractivity contribution in [2.24, 2.45) is 0 Å². The average Bonchev–Trinajstić information content (AvgIpc) is 2.45. The van der Waals surface area contributed by atoms with Crippen LogP contribution in [0.1, 0.15) is 19.8 Å². The highest BCUT2D eigenvalue weighted by atomic mass is 35.5. The number of nitrogens with one attached hydrogen (secondary N) is 1. The Morgan fingerprint density at radius 2 is 1.96 bits per heavy atom. The molecule has 0 atom stereocenters. The van der Waals surface area contributed by atoms with Gasteiger partial charge < -0.3 is 10.4 Å². The van der Waals surface area contributed by atoms with Crippen LogP contribution in [0.3, 0.4) is 0 Å². The van der Waals surface area contributed by atoms with Crippen molar-refractivity contribution >= 4 is 35.7 Å². The van der Waals surface area contributed by atoms with Gasteiger partial charge in [0.25, 0.3) is 5.69 Å². The third kappa shape index (κ3) is 7.57. The number of nitro groups is 1. The number of carbonyl (C=O) groups is 2. The van der Waals surface area contributed by atoms with Crippen molar-refractivity contribution in [1.29, 1.82) is 0 Å². The van der Waals surface area contributed by atoms with E-state index in [0.717, 1.165) is 6.42 Å². The smallest absolute Gasteiger partial charge is 0.317 e. The summed E-state index contributed by atoms with van der Waals surface area (Å²) in [6.45, 7) is 2.65. The molecule has 0 unspecified atom stereocenters. The standard InChI is InChI=1S/C14H19N3O5.ClH/c1-2-8-16(10-14(19)20)9-7-13(18)15-11-5-3-4-6-12(11)17(21)22;/h3-6H,2,7-10H2,1H3,(H,15,18)(H,19,20);1H. The zero-order valence-corrected chi connectivity index (χ0v) is 13.5. The minimum absolute atomic E-state index is 0. The molecule has 23 heavy (non-hydrogen) atoms. The van der Waals surface area contributed by atoms with Crippen molar-refractivity contribution in [2.45, 2.75) is 19.8 Å². The molecule has 0 saturated carbocycles. The van der Waals surface area contributed by atoms with Crippen molar-refractivity contribution in [3.63, 3.8) is 0 Å². The second-order valence-electron chi connectivity index (χ2n) is 4.74. The Hall–Kier alpha value is -2.19. The number of nitrogens with zero attached hydrogens (tertiary/aromatic N) is 2. The predicted molar refractivity (Wildman–Crippen MR) is 88.0 cm³/mol. The first-order chi connectivity index (χ1) is 10.4. The van der Waals surface area contributed by atoms with Crippen LogP contribution in [0.5, 0.6) is 0 Å². The van der Waals surface area contributed by atoms with Gasteiger partial charge in [-0.25, -0.2) is 0 Å². The van der Waals surface area contributed by atoms with Gasteiger partial charge in [0, 0.05) is 19.0 Å². The topological polar surface area (TPSA) is 113 Å². The molecule has 1 amide bonds. The summed E-state index contributed by atoms with van der Waals surface area (Å²) in [6, 6.07) is 5.88. The van der Waals surface area contributed by atoms with Crippen LogP contribution < -0.4 is 5.32 Å². The summed E-state index contributed by atoms with van der Waals surface area (Å²) >= 11 is 0. The molecular weight excluding hydrogens is 326 g/mol. The molecule has 0 heterocycles. The third-order valence-electron chi connectivity index (χ3n) is 2.93. The van der Waals surface area contributed by atoms with E-state index in [1.54, 1.807) is 11.0 Å². The summed E-state index contributed by atoms with van der Waals surface area (Å²) in [7, 11) is 0. The summed E-state index contributed by atoms with van der Waals surface area (Å²) in [5, 5.41) is 22.1. The number of carboxylic acids is 1. The zero-order chi connectivity index (χ0) is 16.5. The maximum Gasteiger partial charge on any atom is 0.317 e. The van der Waals surface area contributed by atoms with Gasteiger partial charge >= 0.3 is 5.97 Å². The van der Waals surface area contributed by atoms with E-state index in [2.05, 4.69) is 5.32 Å². The van der Waals surface area contributed by atoms with Crippen molar-refractivity contribution in [2.75, 3.05) is 25.0 Å². The van der Waals surface area contributed by atoms with Crippen LogP contribution in [-0.4, -0.2) is 46.4 Å². The monoisotopic (exact) mass is 345 g/mol. The maximum atomic E-state index is 11.9. The molecule has 8 nitrogen and oxygen atoms in total. The van der Waals surface area contributed by atoms with Crippen LogP contribution in [-0.2, 0) is 9.59 Å². The number of carboxylic acid groups (broad SMARTS) is 1. The van der Waals surface area contributed by atoms with Gasteiger partial charge in [-0.3, -0.25) is 24.6 Å². The van der Waals surface area contributed by atoms with E-state index in [-0.39, 0.29) is 49.2 Å². The number of rotatable bonds is 9. The highest BCUT2D eigenvalue weighted by Gasteiger charge is 2.16. The SMILES string of the molecule is CCCN(CCC(=O)Nc1ccccc1[N+](=O)[O-])CC(=O)O.Cl. The average molecular weight is 346 g/mol. The van der Waals surface area contributed by atoms with Gasteiger partial charge in [-0.1, -0.05) is 19.1 Å². The predicted octanol–water partition coefficient (Wildman–Crippen LogP) is 2.14. The Balaban J connectivity index is 0.00000484. The van der Waals surface area contributed by atoms with E-state index < -0.39 is 10.9 Å². The number of benzene rings is 1. The first kappa shape index (κ1) is 20.8. The van der Waals surface area contributed by atoms with Gasteiger partial charge in [0.1, 0.15) is 5.69 Å². The van der Waals surface area contributed by atoms with Crippen molar-refractivity contribution in [3.8, 4) is 0 Å². The molecule has 9 heteroatoms. The van der Waals surface area contributed by atoms with Crippen LogP contribution in [0.4, 0.5) is 11.4 Å². The number of halogens is 1. The van der Waals surface area contributed by atoms with Gasteiger partial charge in [0.2, 0.25) is 5.91 Å². The summed E-state index contributed by atoms with van der Waals surface area (Å²) in [6.07, 6.45) is 0.846. The van der Waals surface area contributed by atoms with E-state index in [4.69, 9.17) is 5.11 Å². The van der Waals surface area contributed by atoms with Gasteiger partial charge in [-0.2, -0.15) is 0 Å². The number of carbonyl (C=O) groups excluding carboxylic acids is 1. The molecule has 1 aromatic rings. The number of para-hydroxylation sites is 2. The summed E-state index contributed by atoms with van der Waals surface area (Å²) in [5.41, 5.74) is -0.0374. The molecule has 128 valence electrons. The van der Waals surface area contributed by atoms with Crippen molar-refractivity contribution < 1.29 is 19.6 Å². The fraction of sp³-hybridized carbons (Fsp3) is 0.429. The minimum atomic E-state index is -0.951. The van der Waals surface area contributed by atoms with Crippen LogP contribution >= 0.6 is 12.4 Å². The number of amides is 1. The normalized spacial score (nSPS) is 10.0. The lowest BCUT2D eigenvalue weighted by Gasteiger charge is -2.18. The molecule has 0 aliphatic rings. The van der Waals surface area contributed by atoms with Gasteiger partial charge in [-0.15, -0.1) is 12.4 Å². The molecule has 0 aromatic heterocycles. The Labute approximate surface area is 140 Å². The minimum Gasteiger partial charge on any atom is -0.480 e. The zero-order valence-electron chi connectivity index (χ0n) is 12.7. The first-order valence-electron chi connectivity index (χ1n) is 6.91. The fourth-order valence-electron chi connectivity index (χ4n) is 1.99. The number of aliphatic carboxylic acids is 1. The highest BCUT2D eigenvalue weighted by Crippen LogP contribution is 2.23. The van der Waals surface area contributed by atoms with Crippen LogP contribution in [0.15, 0.2) is 24.3 Å². The number of anilines is 1. The second-order valence-corrected chi connectivity index (χ2v) is 4.74. The fourth-order valence-corrected chi connectivity index (χ4v) is 1.99. The largest absolute Gasteiger partial charge is 0.480 e. The molecule has 0 bridgehead atoms. The van der Waals surface area contributed by atoms with E-state index in [1.165, 1.54) is 18.2 Å². The molecule has 0 radical (unpaired) electrons. The molecule has 0 aliphatic heterocycles. The van der Waals surface area contributed by atoms with Gasteiger partial charge in [0.05, 0.1) is 11.5 Å². The molecule has 1 aromatic carbocycles. The van der Waals surface area contributed by atoms with Crippen molar-refractivity contribution in [3.05, 3.63) is 34.4 Å². The molecule has 0 aliphatic carbocycles. The summed E-state index contributed by atoms with van der Waals surface area (Å²) < 4.78 is 0. The number of hydrogen-bond acceptors (Lipinski definition) is 5. The summed E-state index contributed by atoms with van der Waals surface area (Å²) in [5.74, 6) is -1.34. The molecule has 2 N–H and O–H groups in total. The third-order valence-corrected chi connectivity index (χ3v) is 2.93. The van der Waals surface area contributed by atoms with Crippen LogP contribution in [0.25, 0.3) is 0 Å². The lowest BCUT2D eigenvalue weighted by molar-refractivity contribution is -0.383. The van der Waals surface area contributed by atoms with Gasteiger partial charge in [0.15, 0.2) is 0 Å². The second kappa shape index (κ2) is 10.5. The first-order valence-corrected chi connectivity index (χ1v) is 6.91. The van der Waals surface area contributed by atoms with E-state index >= 15 is 0 Å². The van der Waals surface area contributed by atoms with Crippen molar-refractivity contribution in [1.82, 2.24) is 4.90 Å². The molecule has 0 spiro atoms. The Morgan fingerprint density at radius 3 is 2.52 bits per heavy atom. The summed E-state index contributed by atoms with van der Waals surface area (Å²) in [4.78, 5) is 34.5. The van der Waals surface area contributed by atoms with Crippen LogP contribution in [0.2, 0.25) is 0 Å². The Bertz CT molecular complexity index is 553. The molecule has 1 rings (SSSR count). The lowest BCUT2D eigenvalue weighted by atomic mass is 10.2. The molecular formula is C14H20ClN3O5. The van der Waals surface area contributed by atoms with E-state index in [1.807, 2.05) is 6.92 Å². The lowest BCUT2D eigenvalue weighted by Crippen LogP contribution is -2.33. The van der Waals surface area contributed by atoms with E-state index in [0.29, 0.717) is 6.54 Å². The molecule has 0 saturated heterocycles. The van der Waals surface area contributed by atoms with E-state index in [9.17, 15) is 19.7 Å². The quantitative estimate of drug-likeness (QED) is 0.523. The van der Waals surface area contributed by atoms with Gasteiger partial charge in [-0.05, 0) is 19.0 Å². The maximum absolute atomic E-state index is 11.9. The highest BCUT2D eigenvalue weighted by molar-refractivity contribution is 5.93. The number of nitro benzene ring substituents is 1. The molecule has 0 fully saturated rings. The van der Waals surface area contributed by atoms with Crippen LogP contribution in [0, 0.1) is 10.1 Å². The number of hydrogen-bond donors (Lipinski definition) is 2.